The van der Waals surface area contributed by atoms with Crippen molar-refractivity contribution in [1.82, 2.24) is 4.48 Å². The molecular formula is C19H17BBr2F2N2O3. The van der Waals surface area contributed by atoms with Crippen LogP contribution >= 0.6 is 31.9 Å². The summed E-state index contributed by atoms with van der Waals surface area (Å²) in [6.45, 7) is -2.21. The Morgan fingerprint density at radius 1 is 1.00 bits per heavy atom. The fraction of sp³-hybridized carbons (Fsp3) is 0.211. The molecule has 1 aromatic heterocycles. The van der Waals surface area contributed by atoms with E-state index in [1.165, 1.54) is 21.3 Å². The minimum Gasteiger partial charge on any atom is -0.493 e. The molecule has 0 amide bonds. The van der Waals surface area contributed by atoms with E-state index in [1.807, 2.05) is 13.0 Å². The van der Waals surface area contributed by atoms with Crippen molar-refractivity contribution in [3.63, 3.8) is 0 Å². The number of hydrogen-bond donors (Lipinski definition) is 0. The maximum Gasteiger partial charge on any atom is 0.738 e. The molecule has 2 aliphatic rings. The second-order valence-corrected chi connectivity index (χ2v) is 8.25. The lowest BCUT2D eigenvalue weighted by molar-refractivity contribution is -0.358. The van der Waals surface area contributed by atoms with Crippen molar-refractivity contribution in [3.8, 4) is 17.2 Å². The van der Waals surface area contributed by atoms with E-state index in [0.717, 1.165) is 14.5 Å². The van der Waals surface area contributed by atoms with E-state index < -0.39 is 6.97 Å². The van der Waals surface area contributed by atoms with Crippen LogP contribution in [-0.4, -0.2) is 41.9 Å². The predicted molar refractivity (Wildman–Crippen MR) is 116 cm³/mol. The van der Waals surface area contributed by atoms with Crippen LogP contribution in [0.2, 0.25) is 0 Å². The molecule has 0 spiro atoms. The number of hydrogen-bond acceptors (Lipinski definition) is 3. The fourth-order valence-corrected chi connectivity index (χ4v) is 5.12. The normalized spacial score (nSPS) is 16.8. The maximum absolute atomic E-state index is 15.5. The molecule has 2 aromatic rings. The fourth-order valence-electron chi connectivity index (χ4n) is 3.98. The van der Waals surface area contributed by atoms with Gasteiger partial charge in [0.15, 0.2) is 17.2 Å². The summed E-state index contributed by atoms with van der Waals surface area (Å²) in [5.41, 5.74) is 2.85. The van der Waals surface area contributed by atoms with Crippen LogP contribution in [0.5, 0.6) is 17.2 Å². The van der Waals surface area contributed by atoms with Gasteiger partial charge in [-0.25, -0.2) is 0 Å². The zero-order valence-corrected chi connectivity index (χ0v) is 19.3. The van der Waals surface area contributed by atoms with E-state index in [-0.39, 0.29) is 0 Å². The quantitative estimate of drug-likeness (QED) is 0.526. The average molecular weight is 530 g/mol. The Morgan fingerprint density at radius 2 is 1.69 bits per heavy atom. The molecule has 4 rings (SSSR count). The van der Waals surface area contributed by atoms with Crippen molar-refractivity contribution in [1.29, 1.82) is 0 Å². The van der Waals surface area contributed by atoms with Crippen molar-refractivity contribution >= 4 is 49.0 Å². The van der Waals surface area contributed by atoms with Crippen LogP contribution < -0.4 is 14.2 Å². The van der Waals surface area contributed by atoms with Gasteiger partial charge in [-0.3, -0.25) is 0 Å². The Bertz CT molecular complexity index is 1140. The van der Waals surface area contributed by atoms with E-state index in [9.17, 15) is 0 Å². The van der Waals surface area contributed by atoms with Crippen LogP contribution in [0.3, 0.4) is 0 Å². The van der Waals surface area contributed by atoms with Gasteiger partial charge >= 0.3 is 6.97 Å². The van der Waals surface area contributed by atoms with Crippen LogP contribution in [0.4, 0.5) is 8.63 Å². The molecule has 10 heteroatoms. The molecule has 152 valence electrons. The van der Waals surface area contributed by atoms with E-state index in [4.69, 9.17) is 14.2 Å². The molecule has 0 saturated heterocycles. The van der Waals surface area contributed by atoms with Gasteiger partial charge in [-0.2, -0.15) is 0 Å². The summed E-state index contributed by atoms with van der Waals surface area (Å²) in [7, 11) is 4.57. The van der Waals surface area contributed by atoms with Crippen molar-refractivity contribution in [2.75, 3.05) is 21.3 Å². The molecule has 5 nitrogen and oxygen atoms in total. The first-order valence-corrected chi connectivity index (χ1v) is 10.3. The minimum absolute atomic E-state index is 0.290. The van der Waals surface area contributed by atoms with Gasteiger partial charge in [-0.15, -0.1) is 0 Å². The number of ether oxygens (including phenoxy) is 3. The third-order valence-electron chi connectivity index (χ3n) is 5.15. The predicted octanol–water partition coefficient (Wildman–Crippen LogP) is 4.96. The van der Waals surface area contributed by atoms with Crippen LogP contribution in [-0.2, 0) is 0 Å². The zero-order chi connectivity index (χ0) is 21.1. The van der Waals surface area contributed by atoms with Crippen LogP contribution in [0.25, 0.3) is 5.57 Å². The van der Waals surface area contributed by atoms with Gasteiger partial charge in [0.2, 0.25) is 10.4 Å². The number of fused-ring (bicyclic) bond motifs is 2. The Morgan fingerprint density at radius 3 is 2.31 bits per heavy atom. The van der Waals surface area contributed by atoms with Gasteiger partial charge in [0.25, 0.3) is 0 Å². The molecule has 0 N–H and O–H groups in total. The van der Waals surface area contributed by atoms with Gasteiger partial charge in [0, 0.05) is 39.3 Å². The summed E-state index contributed by atoms with van der Waals surface area (Å²) in [6.07, 6.45) is 3.29. The molecule has 3 heterocycles. The summed E-state index contributed by atoms with van der Waals surface area (Å²) in [6, 6.07) is 5.11. The number of allylic oxidation sites excluding steroid dienone is 2. The molecule has 0 aliphatic carbocycles. The number of nitrogens with zero attached hydrogens (tertiary/aromatic N) is 2. The highest BCUT2D eigenvalue weighted by molar-refractivity contribution is 9.18. The monoisotopic (exact) mass is 528 g/mol. The van der Waals surface area contributed by atoms with E-state index in [2.05, 4.69) is 31.9 Å². The average Bonchev–Trinajstić information content (AvgIpc) is 3.26. The Hall–Kier alpha value is -2.07. The molecule has 2 aliphatic heterocycles. The third-order valence-corrected chi connectivity index (χ3v) is 6.44. The zero-order valence-electron chi connectivity index (χ0n) is 16.1. The summed E-state index contributed by atoms with van der Waals surface area (Å²) < 4.78 is 50.2. The molecule has 0 bridgehead atoms. The molecule has 1 aromatic carbocycles. The van der Waals surface area contributed by atoms with Gasteiger partial charge < -0.3 is 31.8 Å². The van der Waals surface area contributed by atoms with Crippen molar-refractivity contribution in [3.05, 3.63) is 57.5 Å². The van der Waals surface area contributed by atoms with E-state index in [0.29, 0.717) is 49.0 Å². The molecule has 0 unspecified atom stereocenters. The van der Waals surface area contributed by atoms with Crippen molar-refractivity contribution in [2.24, 2.45) is 0 Å². The molecule has 0 atom stereocenters. The first kappa shape index (κ1) is 20.2. The number of halogens is 4. The summed E-state index contributed by atoms with van der Waals surface area (Å²) >= 11 is 6.56. The highest BCUT2D eigenvalue weighted by Gasteiger charge is 2.54. The minimum atomic E-state index is -4.09. The second-order valence-electron chi connectivity index (χ2n) is 6.62. The lowest BCUT2D eigenvalue weighted by Gasteiger charge is -2.33. The number of aromatic nitrogens is 1. The smallest absolute Gasteiger partial charge is 0.493 e. The second kappa shape index (κ2) is 7.02. The topological polar surface area (TPSA) is 35.6 Å². The summed E-state index contributed by atoms with van der Waals surface area (Å²) in [4.78, 5) is 0. The van der Waals surface area contributed by atoms with Crippen molar-refractivity contribution in [2.45, 2.75) is 6.92 Å². The molecule has 0 radical (unpaired) electrons. The largest absolute Gasteiger partial charge is 0.738 e. The highest BCUT2D eigenvalue weighted by Crippen LogP contribution is 2.50. The van der Waals surface area contributed by atoms with Crippen molar-refractivity contribution < 1.29 is 27.3 Å². The lowest BCUT2D eigenvalue weighted by atomic mass is 9.85. The Labute approximate surface area is 183 Å². The Balaban J connectivity index is 2.16. The molecule has 0 fully saturated rings. The standard InChI is InChI=1S/C19H17BBr2F2N2O3/c1-10-9-13(27-2)18(28-3)19(29-4)16(10)17-11-5-7-14(21)25(11)20(23,24)26-12(17)6-8-15(26)22/h5-9H,1-4H3. The lowest BCUT2D eigenvalue weighted by Crippen LogP contribution is -2.50. The Kier molecular flexibility index (Phi) is 4.89. The van der Waals surface area contributed by atoms with E-state index >= 15 is 8.63 Å². The van der Waals surface area contributed by atoms with Gasteiger partial charge in [0.1, 0.15) is 0 Å². The molecule has 29 heavy (non-hydrogen) atoms. The number of benzene rings is 1. The van der Waals surface area contributed by atoms with Crippen LogP contribution in [0.1, 0.15) is 16.8 Å². The van der Waals surface area contributed by atoms with Crippen LogP contribution in [0.15, 0.2) is 40.7 Å². The number of methoxy groups -OCH3 is 3. The highest BCUT2D eigenvalue weighted by atomic mass is 79.9. The van der Waals surface area contributed by atoms with Gasteiger partial charge in [0.05, 0.1) is 31.5 Å². The number of aryl methyl sites for hydroxylation is 1. The molecular weight excluding hydrogens is 513 g/mol. The van der Waals surface area contributed by atoms with Gasteiger partial charge in [-0.05, 0) is 46.6 Å². The SMILES string of the molecule is COc1cc(C)c(C2=C3C=CC(Br)=[N+]3[B-](F)(F)n3c(Br)ccc32)c(OC)c1OC. The maximum atomic E-state index is 15.5. The number of rotatable bonds is 4. The molecule has 0 saturated carbocycles. The first-order valence-electron chi connectivity index (χ1n) is 8.71. The first-order chi connectivity index (χ1) is 13.8. The third kappa shape index (κ3) is 2.72. The summed E-state index contributed by atoms with van der Waals surface area (Å²) in [5, 5.41) is 0. The van der Waals surface area contributed by atoms with Gasteiger partial charge in [-0.1, -0.05) is 0 Å². The van der Waals surface area contributed by atoms with Crippen LogP contribution in [0, 0.1) is 6.92 Å². The van der Waals surface area contributed by atoms with E-state index in [1.54, 1.807) is 24.3 Å². The summed E-state index contributed by atoms with van der Waals surface area (Å²) in [5.74, 6) is 1.33.